The zero-order valence-corrected chi connectivity index (χ0v) is 15.9. The molecule has 0 radical (unpaired) electrons. The van der Waals surface area contributed by atoms with Crippen LogP contribution in [0.3, 0.4) is 0 Å². The molecule has 0 spiro atoms. The Bertz CT molecular complexity index is 1070. The zero-order chi connectivity index (χ0) is 20.3. The summed E-state index contributed by atoms with van der Waals surface area (Å²) in [5.41, 5.74) is 1.50. The summed E-state index contributed by atoms with van der Waals surface area (Å²) < 4.78 is 17.6. The van der Waals surface area contributed by atoms with Crippen molar-refractivity contribution in [3.63, 3.8) is 0 Å². The van der Waals surface area contributed by atoms with Gasteiger partial charge in [-0.15, -0.1) is 0 Å². The van der Waals surface area contributed by atoms with E-state index in [4.69, 9.17) is 19.3 Å². The molecule has 0 fully saturated rings. The summed E-state index contributed by atoms with van der Waals surface area (Å²) in [7, 11) is 4.57. The quantitative estimate of drug-likeness (QED) is 0.674. The molecule has 146 valence electrons. The van der Waals surface area contributed by atoms with Crippen molar-refractivity contribution in [2.75, 3.05) is 21.3 Å². The number of fused-ring (bicyclic) bond motifs is 1. The molecular weight excluding hydrogens is 362 g/mol. The van der Waals surface area contributed by atoms with Gasteiger partial charge in [0.25, 0.3) is 0 Å². The number of hydrogen-bond donors (Lipinski definition) is 1. The van der Waals surface area contributed by atoms with Crippen molar-refractivity contribution in [2.45, 2.75) is 13.0 Å². The van der Waals surface area contributed by atoms with E-state index in [9.17, 15) is 9.59 Å². The third-order valence-corrected chi connectivity index (χ3v) is 4.54. The highest BCUT2D eigenvalue weighted by molar-refractivity contribution is 5.90. The number of carboxylic acid groups (broad SMARTS) is 1. The van der Waals surface area contributed by atoms with Gasteiger partial charge in [0.05, 0.1) is 38.7 Å². The first kappa shape index (κ1) is 19.3. The number of benzene rings is 2. The largest absolute Gasteiger partial charge is 0.497 e. The normalized spacial score (nSPS) is 10.7. The van der Waals surface area contributed by atoms with Crippen LogP contribution in [0.25, 0.3) is 22.0 Å². The van der Waals surface area contributed by atoms with Crippen LogP contribution in [-0.4, -0.2) is 37.0 Å². The Labute approximate surface area is 161 Å². The number of pyridine rings is 1. The number of aromatic nitrogens is 1. The molecule has 1 aromatic heterocycles. The summed E-state index contributed by atoms with van der Waals surface area (Å²) in [6.45, 7) is 0.200. The predicted molar refractivity (Wildman–Crippen MR) is 106 cm³/mol. The molecule has 3 rings (SSSR count). The average molecular weight is 383 g/mol. The number of ether oxygens (including phenoxy) is 3. The molecule has 0 aliphatic carbocycles. The van der Waals surface area contributed by atoms with E-state index in [0.29, 0.717) is 39.3 Å². The highest BCUT2D eigenvalue weighted by atomic mass is 16.5. The number of methoxy groups -OCH3 is 3. The number of rotatable bonds is 7. The number of hydrogen-bond acceptors (Lipinski definition) is 5. The van der Waals surface area contributed by atoms with Crippen LogP contribution in [0, 0.1) is 0 Å². The number of aryl methyl sites for hydroxylation is 1. The monoisotopic (exact) mass is 383 g/mol. The number of nitrogens with zero attached hydrogens (tertiary/aromatic N) is 1. The van der Waals surface area contributed by atoms with Gasteiger partial charge in [0.1, 0.15) is 17.2 Å². The first-order valence-corrected chi connectivity index (χ1v) is 8.64. The van der Waals surface area contributed by atoms with Crippen LogP contribution in [-0.2, 0) is 11.3 Å². The molecule has 7 nitrogen and oxygen atoms in total. The Morgan fingerprint density at radius 3 is 2.25 bits per heavy atom. The van der Waals surface area contributed by atoms with Crippen LogP contribution >= 0.6 is 0 Å². The molecular formula is C21H21NO6. The molecule has 0 atom stereocenters. The van der Waals surface area contributed by atoms with Crippen molar-refractivity contribution in [1.29, 1.82) is 0 Å². The molecule has 2 aromatic carbocycles. The van der Waals surface area contributed by atoms with E-state index in [0.717, 1.165) is 0 Å². The fourth-order valence-electron chi connectivity index (χ4n) is 3.11. The highest BCUT2D eigenvalue weighted by Gasteiger charge is 2.17. The van der Waals surface area contributed by atoms with Gasteiger partial charge in [0.2, 0.25) is 5.43 Å². The summed E-state index contributed by atoms with van der Waals surface area (Å²) >= 11 is 0. The second-order valence-corrected chi connectivity index (χ2v) is 6.16. The fourth-order valence-corrected chi connectivity index (χ4v) is 3.11. The van der Waals surface area contributed by atoms with Crippen molar-refractivity contribution in [2.24, 2.45) is 0 Å². The molecule has 28 heavy (non-hydrogen) atoms. The van der Waals surface area contributed by atoms with E-state index in [1.54, 1.807) is 54.3 Å². The van der Waals surface area contributed by atoms with Crippen LogP contribution in [0.15, 0.2) is 47.4 Å². The molecule has 1 heterocycles. The molecule has 0 unspecified atom stereocenters. The van der Waals surface area contributed by atoms with Crippen molar-refractivity contribution in [1.82, 2.24) is 4.57 Å². The molecule has 3 aromatic rings. The second kappa shape index (κ2) is 8.04. The number of aliphatic carboxylic acids is 1. The Hall–Kier alpha value is -3.48. The van der Waals surface area contributed by atoms with Gasteiger partial charge in [-0.25, -0.2) is 0 Å². The summed E-state index contributed by atoms with van der Waals surface area (Å²) in [4.78, 5) is 24.4. The molecule has 0 bridgehead atoms. The maximum atomic E-state index is 13.3. The third kappa shape index (κ3) is 3.64. The first-order valence-electron chi connectivity index (χ1n) is 8.64. The van der Waals surface area contributed by atoms with Gasteiger partial charge in [0, 0.05) is 30.4 Å². The van der Waals surface area contributed by atoms with Gasteiger partial charge in [-0.1, -0.05) is 12.1 Å². The van der Waals surface area contributed by atoms with Crippen LogP contribution in [0.1, 0.15) is 6.42 Å². The lowest BCUT2D eigenvalue weighted by Crippen LogP contribution is -2.15. The lowest BCUT2D eigenvalue weighted by Gasteiger charge is -2.16. The van der Waals surface area contributed by atoms with Gasteiger partial charge >= 0.3 is 5.97 Å². The lowest BCUT2D eigenvalue weighted by atomic mass is 10.0. The summed E-state index contributed by atoms with van der Waals surface area (Å²) in [5, 5.41) is 9.49. The maximum absolute atomic E-state index is 13.3. The SMILES string of the molecule is COc1ccc(-c2cn(CCC(=O)O)c3cc(OC)cc(OC)c3c2=O)cc1. The maximum Gasteiger partial charge on any atom is 0.305 e. The number of carboxylic acids is 1. The van der Waals surface area contributed by atoms with E-state index in [1.807, 2.05) is 0 Å². The van der Waals surface area contributed by atoms with E-state index in [-0.39, 0.29) is 18.4 Å². The minimum Gasteiger partial charge on any atom is -0.497 e. The van der Waals surface area contributed by atoms with E-state index >= 15 is 0 Å². The summed E-state index contributed by atoms with van der Waals surface area (Å²) in [6, 6.07) is 10.5. The third-order valence-electron chi connectivity index (χ3n) is 4.54. The molecule has 0 aliphatic rings. The summed E-state index contributed by atoms with van der Waals surface area (Å²) in [6.07, 6.45) is 1.59. The van der Waals surface area contributed by atoms with E-state index < -0.39 is 5.97 Å². The van der Waals surface area contributed by atoms with Gasteiger partial charge in [-0.3, -0.25) is 9.59 Å². The molecule has 0 amide bonds. The van der Waals surface area contributed by atoms with Crippen LogP contribution in [0.5, 0.6) is 17.2 Å². The smallest absolute Gasteiger partial charge is 0.305 e. The minimum absolute atomic E-state index is 0.0838. The molecule has 0 aliphatic heterocycles. The van der Waals surface area contributed by atoms with Gasteiger partial charge in [-0.2, -0.15) is 0 Å². The lowest BCUT2D eigenvalue weighted by molar-refractivity contribution is -0.137. The Kier molecular flexibility index (Phi) is 5.54. The molecule has 0 saturated heterocycles. The zero-order valence-electron chi connectivity index (χ0n) is 15.9. The average Bonchev–Trinajstić information content (AvgIpc) is 2.72. The summed E-state index contributed by atoms with van der Waals surface area (Å²) in [5.74, 6) is 0.648. The molecule has 1 N–H and O–H groups in total. The van der Waals surface area contributed by atoms with E-state index in [1.165, 1.54) is 14.2 Å². The highest BCUT2D eigenvalue weighted by Crippen LogP contribution is 2.31. The van der Waals surface area contributed by atoms with Crippen molar-refractivity contribution in [3.05, 3.63) is 52.8 Å². The Morgan fingerprint density at radius 1 is 1.00 bits per heavy atom. The fraction of sp³-hybridized carbons (Fsp3) is 0.238. The van der Waals surface area contributed by atoms with Crippen molar-refractivity contribution >= 4 is 16.9 Å². The first-order chi connectivity index (χ1) is 13.5. The molecule has 0 saturated carbocycles. The van der Waals surface area contributed by atoms with E-state index in [2.05, 4.69) is 0 Å². The minimum atomic E-state index is -0.923. The Morgan fingerprint density at radius 2 is 1.68 bits per heavy atom. The van der Waals surface area contributed by atoms with Crippen LogP contribution in [0.2, 0.25) is 0 Å². The predicted octanol–water partition coefficient (Wildman–Crippen LogP) is 3.17. The number of carbonyl (C=O) groups is 1. The van der Waals surface area contributed by atoms with Gasteiger partial charge in [-0.05, 0) is 17.7 Å². The Balaban J connectivity index is 2.31. The second-order valence-electron chi connectivity index (χ2n) is 6.16. The van der Waals surface area contributed by atoms with Gasteiger partial charge in [0.15, 0.2) is 0 Å². The van der Waals surface area contributed by atoms with Crippen molar-refractivity contribution < 1.29 is 24.1 Å². The topological polar surface area (TPSA) is 87.0 Å². The van der Waals surface area contributed by atoms with Crippen LogP contribution in [0.4, 0.5) is 0 Å². The molecule has 7 heteroatoms. The van der Waals surface area contributed by atoms with Gasteiger partial charge < -0.3 is 23.9 Å². The van der Waals surface area contributed by atoms with Crippen LogP contribution < -0.4 is 19.6 Å². The standard InChI is InChI=1S/C21H21NO6/c1-26-14-6-4-13(5-7-14)16-12-22(9-8-19(23)24)17-10-15(27-2)11-18(28-3)20(17)21(16)25/h4-7,10-12H,8-9H2,1-3H3,(H,23,24). The van der Waals surface area contributed by atoms with Crippen molar-refractivity contribution in [3.8, 4) is 28.4 Å².